The van der Waals surface area contributed by atoms with Gasteiger partial charge in [0.2, 0.25) is 0 Å². The molecule has 0 aliphatic heterocycles. The number of hydrogen-bond acceptors (Lipinski definition) is 5. The Hall–Kier alpha value is -0.650. The van der Waals surface area contributed by atoms with Gasteiger partial charge in [0.15, 0.2) is 5.13 Å². The van der Waals surface area contributed by atoms with E-state index in [2.05, 4.69) is 9.88 Å². The van der Waals surface area contributed by atoms with Crippen molar-refractivity contribution in [2.24, 2.45) is 0 Å². The van der Waals surface area contributed by atoms with E-state index in [1.807, 2.05) is 20.9 Å². The third-order valence-electron chi connectivity index (χ3n) is 3.03. The monoisotopic (exact) mass is 270 g/mol. The number of nitrogens with zero attached hydrogens (tertiary/aromatic N) is 2. The quantitative estimate of drug-likeness (QED) is 0.826. The van der Waals surface area contributed by atoms with Gasteiger partial charge in [0, 0.05) is 19.5 Å². The molecule has 18 heavy (non-hydrogen) atoms. The lowest BCUT2D eigenvalue weighted by Gasteiger charge is -2.16. The van der Waals surface area contributed by atoms with E-state index in [1.54, 1.807) is 11.3 Å². The van der Waals surface area contributed by atoms with Gasteiger partial charge < -0.3 is 14.7 Å². The van der Waals surface area contributed by atoms with Crippen LogP contribution in [0.4, 0.5) is 5.13 Å². The molecule has 1 aromatic heterocycles. The number of likely N-dealkylation sites (N-methyl/N-ethyl adjacent to an activating group) is 1. The van der Waals surface area contributed by atoms with E-state index in [-0.39, 0.29) is 12.7 Å². The van der Waals surface area contributed by atoms with E-state index in [1.165, 1.54) is 12.8 Å². The van der Waals surface area contributed by atoms with E-state index < -0.39 is 0 Å². The maximum atomic E-state index is 9.37. The molecular weight excluding hydrogens is 248 g/mol. The number of ether oxygens (including phenoxy) is 1. The van der Waals surface area contributed by atoms with E-state index >= 15 is 0 Å². The van der Waals surface area contributed by atoms with Crippen molar-refractivity contribution in [3.8, 4) is 0 Å². The second-order valence-electron chi connectivity index (χ2n) is 5.08. The summed E-state index contributed by atoms with van der Waals surface area (Å²) in [5.74, 6) is 0.595. The highest BCUT2D eigenvalue weighted by Crippen LogP contribution is 2.44. The van der Waals surface area contributed by atoms with Gasteiger partial charge in [0.05, 0.1) is 29.9 Å². The Balaban J connectivity index is 1.94. The highest BCUT2D eigenvalue weighted by atomic mass is 32.1. The maximum absolute atomic E-state index is 9.37. The molecule has 102 valence electrons. The van der Waals surface area contributed by atoms with Gasteiger partial charge in [-0.2, -0.15) is 0 Å². The van der Waals surface area contributed by atoms with Crippen molar-refractivity contribution < 1.29 is 9.84 Å². The number of rotatable bonds is 7. The molecule has 0 bridgehead atoms. The summed E-state index contributed by atoms with van der Waals surface area (Å²) >= 11 is 1.60. The zero-order valence-corrected chi connectivity index (χ0v) is 12.2. The van der Waals surface area contributed by atoms with Crippen molar-refractivity contribution in [1.82, 2.24) is 4.98 Å². The summed E-state index contributed by atoms with van der Waals surface area (Å²) in [6.07, 6.45) is 2.71. The number of aliphatic hydroxyl groups is 1. The van der Waals surface area contributed by atoms with Gasteiger partial charge in [-0.1, -0.05) is 11.3 Å². The largest absolute Gasteiger partial charge is 0.391 e. The van der Waals surface area contributed by atoms with Crippen LogP contribution in [0.3, 0.4) is 0 Å². The number of anilines is 1. The van der Waals surface area contributed by atoms with Gasteiger partial charge in [0.1, 0.15) is 0 Å². The summed E-state index contributed by atoms with van der Waals surface area (Å²) in [6.45, 7) is 5.73. The molecule has 5 heteroatoms. The SMILES string of the molecule is CC(C)OCCN(C)c1nc(C2CC2)c(CO)s1. The van der Waals surface area contributed by atoms with Gasteiger partial charge in [-0.05, 0) is 26.7 Å². The second kappa shape index (κ2) is 5.99. The molecule has 0 aromatic carbocycles. The van der Waals surface area contributed by atoms with Crippen LogP contribution in [0.5, 0.6) is 0 Å². The van der Waals surface area contributed by atoms with Crippen molar-refractivity contribution in [3.63, 3.8) is 0 Å². The minimum atomic E-state index is 0.111. The van der Waals surface area contributed by atoms with E-state index in [0.29, 0.717) is 12.5 Å². The zero-order valence-electron chi connectivity index (χ0n) is 11.3. The molecule has 1 aromatic rings. The Bertz CT molecular complexity index is 388. The first-order valence-corrected chi connectivity index (χ1v) is 7.36. The third kappa shape index (κ3) is 3.43. The Morgan fingerprint density at radius 1 is 1.50 bits per heavy atom. The smallest absolute Gasteiger partial charge is 0.185 e. The molecule has 0 spiro atoms. The molecule has 1 saturated carbocycles. The molecule has 0 amide bonds. The zero-order chi connectivity index (χ0) is 13.1. The molecule has 1 N–H and O–H groups in total. The summed E-state index contributed by atoms with van der Waals surface area (Å²) in [4.78, 5) is 7.81. The lowest BCUT2D eigenvalue weighted by Crippen LogP contribution is -2.23. The van der Waals surface area contributed by atoms with Gasteiger partial charge in [-0.15, -0.1) is 0 Å². The predicted octanol–water partition coefficient (Wildman–Crippen LogP) is 2.37. The first-order chi connectivity index (χ1) is 8.61. The Morgan fingerprint density at radius 2 is 2.22 bits per heavy atom. The molecule has 0 radical (unpaired) electrons. The number of hydrogen-bond donors (Lipinski definition) is 1. The van der Waals surface area contributed by atoms with Crippen LogP contribution >= 0.6 is 11.3 Å². The summed E-state index contributed by atoms with van der Waals surface area (Å²) < 4.78 is 5.54. The first kappa shape index (κ1) is 13.8. The number of thiazole rings is 1. The molecule has 0 unspecified atom stereocenters. The molecule has 1 aliphatic rings. The van der Waals surface area contributed by atoms with Crippen LogP contribution in [0.15, 0.2) is 0 Å². The predicted molar refractivity (Wildman–Crippen MR) is 74.4 cm³/mol. The van der Waals surface area contributed by atoms with Crippen LogP contribution in [-0.2, 0) is 11.3 Å². The number of aliphatic hydroxyl groups excluding tert-OH is 1. The van der Waals surface area contributed by atoms with E-state index in [0.717, 1.165) is 22.2 Å². The fourth-order valence-electron chi connectivity index (χ4n) is 1.82. The minimum Gasteiger partial charge on any atom is -0.391 e. The van der Waals surface area contributed by atoms with Crippen LogP contribution < -0.4 is 4.90 Å². The van der Waals surface area contributed by atoms with Gasteiger partial charge >= 0.3 is 0 Å². The second-order valence-corrected chi connectivity index (χ2v) is 6.14. The standard InChI is InChI=1S/C13H22N2O2S/c1-9(2)17-7-6-15(3)13-14-12(10-4-5-10)11(8-16)18-13/h9-10,16H,4-8H2,1-3H3. The molecule has 1 fully saturated rings. The molecule has 4 nitrogen and oxygen atoms in total. The lowest BCUT2D eigenvalue weighted by molar-refractivity contribution is 0.0846. The van der Waals surface area contributed by atoms with Crippen molar-refractivity contribution in [2.45, 2.75) is 45.3 Å². The van der Waals surface area contributed by atoms with Crippen molar-refractivity contribution >= 4 is 16.5 Å². The van der Waals surface area contributed by atoms with E-state index in [4.69, 9.17) is 4.74 Å². The molecule has 1 aliphatic carbocycles. The van der Waals surface area contributed by atoms with Crippen LogP contribution in [0, 0.1) is 0 Å². The average molecular weight is 270 g/mol. The summed E-state index contributed by atoms with van der Waals surface area (Å²) in [5.41, 5.74) is 1.12. The molecule has 0 saturated heterocycles. The lowest BCUT2D eigenvalue weighted by atomic mass is 10.2. The Labute approximate surface area is 113 Å². The molecule has 1 heterocycles. The topological polar surface area (TPSA) is 45.6 Å². The Kier molecular flexibility index (Phi) is 4.59. The summed E-state index contributed by atoms with van der Waals surface area (Å²) in [5, 5.41) is 10.4. The summed E-state index contributed by atoms with van der Waals surface area (Å²) in [6, 6.07) is 0. The molecule has 0 atom stereocenters. The molecule has 2 rings (SSSR count). The molecular formula is C13H22N2O2S. The van der Waals surface area contributed by atoms with Crippen LogP contribution in [0.2, 0.25) is 0 Å². The highest BCUT2D eigenvalue weighted by Gasteiger charge is 2.29. The van der Waals surface area contributed by atoms with Crippen LogP contribution in [0.25, 0.3) is 0 Å². The van der Waals surface area contributed by atoms with Crippen LogP contribution in [-0.4, -0.2) is 36.4 Å². The maximum Gasteiger partial charge on any atom is 0.185 e. The van der Waals surface area contributed by atoms with Crippen molar-refractivity contribution in [3.05, 3.63) is 10.6 Å². The first-order valence-electron chi connectivity index (χ1n) is 6.55. The fraction of sp³-hybridized carbons (Fsp3) is 0.769. The van der Waals surface area contributed by atoms with Gasteiger partial charge in [0.25, 0.3) is 0 Å². The normalized spacial score (nSPS) is 15.4. The Morgan fingerprint density at radius 3 is 2.78 bits per heavy atom. The van der Waals surface area contributed by atoms with Crippen LogP contribution in [0.1, 0.15) is 43.2 Å². The van der Waals surface area contributed by atoms with Gasteiger partial charge in [-0.25, -0.2) is 4.98 Å². The number of aromatic nitrogens is 1. The fourth-order valence-corrected chi connectivity index (χ4v) is 2.82. The highest BCUT2D eigenvalue weighted by molar-refractivity contribution is 7.15. The van der Waals surface area contributed by atoms with Crippen molar-refractivity contribution in [2.75, 3.05) is 25.1 Å². The third-order valence-corrected chi connectivity index (χ3v) is 4.20. The average Bonchev–Trinajstić information content (AvgIpc) is 3.08. The summed E-state index contributed by atoms with van der Waals surface area (Å²) in [7, 11) is 2.03. The van der Waals surface area contributed by atoms with Crippen molar-refractivity contribution in [1.29, 1.82) is 0 Å². The van der Waals surface area contributed by atoms with E-state index in [9.17, 15) is 5.11 Å². The van der Waals surface area contributed by atoms with Gasteiger partial charge in [-0.3, -0.25) is 0 Å². The minimum absolute atomic E-state index is 0.111.